The average Bonchev–Trinajstić information content (AvgIpc) is 2.32. The highest BCUT2D eigenvalue weighted by Gasteiger charge is 2.12. The van der Waals surface area contributed by atoms with Gasteiger partial charge in [0.25, 0.3) is 0 Å². The maximum absolute atomic E-state index is 8.70. The molecule has 0 aliphatic heterocycles. The molecule has 0 radical (unpaired) electrons. The zero-order valence-corrected chi connectivity index (χ0v) is 11.9. The van der Waals surface area contributed by atoms with Crippen molar-refractivity contribution in [2.75, 3.05) is 31.3 Å². The van der Waals surface area contributed by atoms with E-state index in [-0.39, 0.29) is 6.61 Å². The molecule has 3 nitrogen and oxygen atoms in total. The molecule has 0 saturated heterocycles. The summed E-state index contributed by atoms with van der Waals surface area (Å²) in [6.45, 7) is 10.6. The third-order valence-corrected chi connectivity index (χ3v) is 3.01. The first-order chi connectivity index (χ1) is 8.56. The van der Waals surface area contributed by atoms with Gasteiger partial charge in [-0.1, -0.05) is 12.1 Å². The van der Waals surface area contributed by atoms with E-state index in [2.05, 4.69) is 50.8 Å². The Morgan fingerprint density at radius 3 is 2.56 bits per heavy atom. The summed E-state index contributed by atoms with van der Waals surface area (Å²) in [7, 11) is 0. The number of hydrogen-bond donors (Lipinski definition) is 1. The van der Waals surface area contributed by atoms with Crippen LogP contribution < -0.4 is 4.90 Å². The van der Waals surface area contributed by atoms with Crippen LogP contribution >= 0.6 is 0 Å². The molecule has 3 heteroatoms. The maximum atomic E-state index is 8.70. The Morgan fingerprint density at radius 2 is 1.94 bits per heavy atom. The van der Waals surface area contributed by atoms with Gasteiger partial charge in [0.2, 0.25) is 0 Å². The molecule has 0 atom stereocenters. The van der Waals surface area contributed by atoms with E-state index in [1.807, 2.05) is 0 Å². The summed E-state index contributed by atoms with van der Waals surface area (Å²) in [6.07, 6.45) is 0. The number of aryl methyl sites for hydroxylation is 2. The normalized spacial score (nSPS) is 11.0. The van der Waals surface area contributed by atoms with Gasteiger partial charge in [0.1, 0.15) is 0 Å². The molecule has 0 amide bonds. The van der Waals surface area contributed by atoms with E-state index in [1.165, 1.54) is 16.8 Å². The monoisotopic (exact) mass is 251 g/mol. The van der Waals surface area contributed by atoms with Gasteiger partial charge in [0.05, 0.1) is 19.8 Å². The molecule has 0 fully saturated rings. The smallest absolute Gasteiger partial charge is 0.0698 e. The van der Waals surface area contributed by atoms with Crippen molar-refractivity contribution in [3.8, 4) is 0 Å². The van der Waals surface area contributed by atoms with Crippen molar-refractivity contribution >= 4 is 5.69 Å². The molecule has 0 spiro atoms. The number of aliphatic hydroxyl groups excluding tert-OH is 1. The summed E-state index contributed by atoms with van der Waals surface area (Å²) in [4.78, 5) is 2.35. The van der Waals surface area contributed by atoms with Crippen molar-refractivity contribution in [2.24, 2.45) is 0 Å². The van der Waals surface area contributed by atoms with Crippen LogP contribution in [0.1, 0.15) is 25.0 Å². The van der Waals surface area contributed by atoms with Crippen molar-refractivity contribution in [1.29, 1.82) is 0 Å². The van der Waals surface area contributed by atoms with Gasteiger partial charge in [-0.2, -0.15) is 0 Å². The third-order valence-electron chi connectivity index (χ3n) is 3.01. The first kappa shape index (κ1) is 15.0. The third kappa shape index (κ3) is 4.31. The van der Waals surface area contributed by atoms with Crippen molar-refractivity contribution in [3.05, 3.63) is 29.3 Å². The molecule has 1 aromatic carbocycles. The molecule has 0 bridgehead atoms. The van der Waals surface area contributed by atoms with Gasteiger partial charge in [0, 0.05) is 18.3 Å². The first-order valence-corrected chi connectivity index (χ1v) is 6.58. The van der Waals surface area contributed by atoms with Crippen LogP contribution in [-0.4, -0.2) is 37.5 Å². The van der Waals surface area contributed by atoms with Crippen LogP contribution in [0.4, 0.5) is 5.69 Å². The molecule has 102 valence electrons. The fraction of sp³-hybridized carbons (Fsp3) is 0.600. The lowest BCUT2D eigenvalue weighted by molar-refractivity contribution is 0.0961. The van der Waals surface area contributed by atoms with E-state index in [0.717, 1.165) is 6.54 Å². The largest absolute Gasteiger partial charge is 0.394 e. The van der Waals surface area contributed by atoms with E-state index >= 15 is 0 Å². The van der Waals surface area contributed by atoms with Gasteiger partial charge in [0.15, 0.2) is 0 Å². The molecule has 0 aliphatic rings. The summed E-state index contributed by atoms with van der Waals surface area (Å²) in [5, 5.41) is 8.70. The molecule has 0 aromatic heterocycles. The zero-order chi connectivity index (χ0) is 13.5. The number of hydrogen-bond acceptors (Lipinski definition) is 3. The highest BCUT2D eigenvalue weighted by Crippen LogP contribution is 2.23. The summed E-state index contributed by atoms with van der Waals surface area (Å²) >= 11 is 0. The maximum Gasteiger partial charge on any atom is 0.0698 e. The first-order valence-electron chi connectivity index (χ1n) is 6.58. The molecule has 1 rings (SSSR count). The molecule has 18 heavy (non-hydrogen) atoms. The summed E-state index contributed by atoms with van der Waals surface area (Å²) < 4.78 is 5.36. The lowest BCUT2D eigenvalue weighted by Gasteiger charge is -2.30. The molecule has 0 saturated carbocycles. The second-order valence-electron chi connectivity index (χ2n) is 4.91. The Bertz CT molecular complexity index is 364. The van der Waals surface area contributed by atoms with Crippen LogP contribution in [0.5, 0.6) is 0 Å². The van der Waals surface area contributed by atoms with Gasteiger partial charge in [-0.25, -0.2) is 0 Å². The van der Waals surface area contributed by atoms with E-state index in [0.29, 0.717) is 19.3 Å². The van der Waals surface area contributed by atoms with Gasteiger partial charge in [-0.15, -0.1) is 0 Å². The van der Waals surface area contributed by atoms with Gasteiger partial charge < -0.3 is 14.7 Å². The second-order valence-corrected chi connectivity index (χ2v) is 4.91. The fourth-order valence-corrected chi connectivity index (χ4v) is 2.02. The number of aliphatic hydroxyl groups is 1. The van der Waals surface area contributed by atoms with E-state index < -0.39 is 0 Å². The molecule has 1 aromatic rings. The number of nitrogens with zero attached hydrogens (tertiary/aromatic N) is 1. The molecular formula is C15H25NO2. The Hall–Kier alpha value is -1.06. The average molecular weight is 251 g/mol. The van der Waals surface area contributed by atoms with Gasteiger partial charge in [-0.05, 0) is 44.9 Å². The predicted molar refractivity (Wildman–Crippen MR) is 76.3 cm³/mol. The number of ether oxygens (including phenoxy) is 1. The lowest BCUT2D eigenvalue weighted by Crippen LogP contribution is -2.34. The highest BCUT2D eigenvalue weighted by molar-refractivity contribution is 5.55. The summed E-state index contributed by atoms with van der Waals surface area (Å²) in [6, 6.07) is 6.96. The number of rotatable bonds is 7. The summed E-state index contributed by atoms with van der Waals surface area (Å²) in [5.41, 5.74) is 3.84. The number of benzene rings is 1. The fourth-order valence-electron chi connectivity index (χ4n) is 2.02. The molecular weight excluding hydrogens is 226 g/mol. The topological polar surface area (TPSA) is 32.7 Å². The second kappa shape index (κ2) is 7.39. The van der Waals surface area contributed by atoms with Gasteiger partial charge in [-0.3, -0.25) is 0 Å². The minimum atomic E-state index is 0.0884. The van der Waals surface area contributed by atoms with Crippen molar-refractivity contribution in [1.82, 2.24) is 0 Å². The number of anilines is 1. The SMILES string of the molecule is Cc1ccc(C)c(N(CCOCCO)C(C)C)c1. The molecule has 0 aliphatic carbocycles. The van der Waals surface area contributed by atoms with Crippen LogP contribution in [0.25, 0.3) is 0 Å². The Labute approximate surface area is 110 Å². The zero-order valence-electron chi connectivity index (χ0n) is 11.9. The van der Waals surface area contributed by atoms with E-state index in [9.17, 15) is 0 Å². The van der Waals surface area contributed by atoms with Crippen LogP contribution in [0.15, 0.2) is 18.2 Å². The lowest BCUT2D eigenvalue weighted by atomic mass is 10.1. The minimum Gasteiger partial charge on any atom is -0.394 e. The molecule has 0 heterocycles. The van der Waals surface area contributed by atoms with Crippen LogP contribution in [0.3, 0.4) is 0 Å². The van der Waals surface area contributed by atoms with Crippen molar-refractivity contribution < 1.29 is 9.84 Å². The highest BCUT2D eigenvalue weighted by atomic mass is 16.5. The van der Waals surface area contributed by atoms with Crippen molar-refractivity contribution in [3.63, 3.8) is 0 Å². The Morgan fingerprint density at radius 1 is 1.22 bits per heavy atom. The molecule has 0 unspecified atom stereocenters. The Kier molecular flexibility index (Phi) is 6.16. The minimum absolute atomic E-state index is 0.0884. The Balaban J connectivity index is 2.74. The molecule has 1 N–H and O–H groups in total. The quantitative estimate of drug-likeness (QED) is 0.756. The van der Waals surface area contributed by atoms with Gasteiger partial charge >= 0.3 is 0 Å². The van der Waals surface area contributed by atoms with E-state index in [1.54, 1.807) is 0 Å². The van der Waals surface area contributed by atoms with Crippen LogP contribution in [-0.2, 0) is 4.74 Å². The van der Waals surface area contributed by atoms with Crippen molar-refractivity contribution in [2.45, 2.75) is 33.7 Å². The van der Waals surface area contributed by atoms with Crippen LogP contribution in [0, 0.1) is 13.8 Å². The standard InChI is InChI=1S/C15H25NO2/c1-12(2)16(7-9-18-10-8-17)15-11-13(3)5-6-14(15)4/h5-6,11-12,17H,7-10H2,1-4H3. The predicted octanol–water partition coefficient (Wildman–Crippen LogP) is 2.53. The summed E-state index contributed by atoms with van der Waals surface area (Å²) in [5.74, 6) is 0. The van der Waals surface area contributed by atoms with Crippen LogP contribution in [0.2, 0.25) is 0 Å². The van der Waals surface area contributed by atoms with E-state index in [4.69, 9.17) is 9.84 Å².